The highest BCUT2D eigenvalue weighted by atomic mass is 16.6. The topological polar surface area (TPSA) is 66.0 Å². The van der Waals surface area contributed by atoms with Gasteiger partial charge in [0.25, 0.3) is 0 Å². The van der Waals surface area contributed by atoms with Crippen LogP contribution in [0.15, 0.2) is 4.99 Å². The van der Waals surface area contributed by atoms with Crippen molar-refractivity contribution >= 4 is 12.1 Å². The van der Waals surface area contributed by atoms with Crippen LogP contribution in [-0.4, -0.2) is 55.3 Å². The van der Waals surface area contributed by atoms with E-state index < -0.39 is 5.60 Å². The fourth-order valence-electron chi connectivity index (χ4n) is 2.50. The maximum absolute atomic E-state index is 12.0. The Morgan fingerprint density at radius 3 is 2.36 bits per heavy atom. The molecule has 6 heteroatoms. The third kappa shape index (κ3) is 5.73. The molecule has 0 bridgehead atoms. The summed E-state index contributed by atoms with van der Waals surface area (Å²) in [6, 6.07) is 0.611. The average Bonchev–Trinajstić information content (AvgIpc) is 3.26. The van der Waals surface area contributed by atoms with Crippen molar-refractivity contribution < 1.29 is 9.53 Å². The molecule has 0 spiro atoms. The average molecular weight is 310 g/mol. The van der Waals surface area contributed by atoms with E-state index in [-0.39, 0.29) is 6.09 Å². The molecule has 1 heterocycles. The highest BCUT2D eigenvalue weighted by molar-refractivity contribution is 5.80. The summed E-state index contributed by atoms with van der Waals surface area (Å²) >= 11 is 0. The smallest absolute Gasteiger partial charge is 0.410 e. The number of hydrogen-bond donors (Lipinski definition) is 2. The summed E-state index contributed by atoms with van der Waals surface area (Å²) in [5.41, 5.74) is -0.420. The second-order valence-electron chi connectivity index (χ2n) is 7.28. The first-order valence-electron chi connectivity index (χ1n) is 8.32. The van der Waals surface area contributed by atoms with Crippen LogP contribution < -0.4 is 10.6 Å². The van der Waals surface area contributed by atoms with E-state index in [4.69, 9.17) is 4.74 Å². The molecule has 2 aliphatic rings. The molecule has 2 rings (SSSR count). The Bertz CT molecular complexity index is 405. The van der Waals surface area contributed by atoms with E-state index in [1.807, 2.05) is 32.7 Å². The lowest BCUT2D eigenvalue weighted by Gasteiger charge is -2.33. The number of nitrogens with one attached hydrogen (secondary N) is 2. The van der Waals surface area contributed by atoms with Crippen LogP contribution in [0.1, 0.15) is 46.5 Å². The summed E-state index contributed by atoms with van der Waals surface area (Å²) in [6.45, 7) is 8.17. The molecule has 0 atom stereocenters. The number of piperidine rings is 1. The maximum Gasteiger partial charge on any atom is 0.410 e. The summed E-state index contributed by atoms with van der Waals surface area (Å²) in [5, 5.41) is 6.78. The fraction of sp³-hybridized carbons (Fsp3) is 0.875. The Hall–Kier alpha value is -1.46. The van der Waals surface area contributed by atoms with E-state index >= 15 is 0 Å². The monoisotopic (exact) mass is 310 g/mol. The highest BCUT2D eigenvalue weighted by Gasteiger charge is 2.27. The van der Waals surface area contributed by atoms with Crippen molar-refractivity contribution in [3.8, 4) is 0 Å². The molecule has 1 aliphatic heterocycles. The molecule has 0 aromatic heterocycles. The largest absolute Gasteiger partial charge is 0.444 e. The number of hydrogen-bond acceptors (Lipinski definition) is 3. The summed E-state index contributed by atoms with van der Waals surface area (Å²) in [6.07, 6.45) is 4.31. The summed E-state index contributed by atoms with van der Waals surface area (Å²) in [7, 11) is 1.81. The van der Waals surface area contributed by atoms with Crippen LogP contribution in [0, 0.1) is 5.92 Å². The number of amides is 1. The zero-order valence-electron chi connectivity index (χ0n) is 14.3. The van der Waals surface area contributed by atoms with Gasteiger partial charge in [-0.25, -0.2) is 4.79 Å². The molecule has 2 fully saturated rings. The van der Waals surface area contributed by atoms with Crippen molar-refractivity contribution in [1.29, 1.82) is 0 Å². The van der Waals surface area contributed by atoms with E-state index in [2.05, 4.69) is 15.6 Å². The Labute approximate surface area is 133 Å². The first-order chi connectivity index (χ1) is 10.4. The number of aliphatic imine (C=N–C) groups is 1. The van der Waals surface area contributed by atoms with E-state index in [0.29, 0.717) is 12.0 Å². The molecule has 22 heavy (non-hydrogen) atoms. The van der Waals surface area contributed by atoms with E-state index in [1.165, 1.54) is 12.8 Å². The second-order valence-corrected chi connectivity index (χ2v) is 7.28. The van der Waals surface area contributed by atoms with Crippen molar-refractivity contribution in [2.75, 3.05) is 26.7 Å². The molecule has 1 saturated heterocycles. The SMILES string of the molecule is CN=C(NCC1CCN(C(=O)OC(C)(C)C)CC1)NC1CC1. The van der Waals surface area contributed by atoms with Crippen LogP contribution in [0.4, 0.5) is 4.79 Å². The predicted molar refractivity (Wildman–Crippen MR) is 88.1 cm³/mol. The van der Waals surface area contributed by atoms with Gasteiger partial charge < -0.3 is 20.3 Å². The molecular formula is C16H30N4O2. The van der Waals surface area contributed by atoms with E-state index in [9.17, 15) is 4.79 Å². The van der Waals surface area contributed by atoms with Gasteiger partial charge in [0.1, 0.15) is 5.60 Å². The quantitative estimate of drug-likeness (QED) is 0.618. The molecule has 0 radical (unpaired) electrons. The standard InChI is InChI=1S/C16H30N4O2/c1-16(2,3)22-15(21)20-9-7-12(8-10-20)11-18-14(17-4)19-13-5-6-13/h12-13H,5-11H2,1-4H3,(H2,17,18,19). The van der Waals surface area contributed by atoms with Crippen molar-refractivity contribution in [1.82, 2.24) is 15.5 Å². The van der Waals surface area contributed by atoms with Gasteiger partial charge in [-0.1, -0.05) is 0 Å². The van der Waals surface area contributed by atoms with Crippen LogP contribution in [0.5, 0.6) is 0 Å². The maximum atomic E-state index is 12.0. The first-order valence-corrected chi connectivity index (χ1v) is 8.32. The summed E-state index contributed by atoms with van der Waals surface area (Å²) in [4.78, 5) is 18.1. The molecular weight excluding hydrogens is 280 g/mol. The lowest BCUT2D eigenvalue weighted by Crippen LogP contribution is -2.45. The molecule has 0 aromatic carbocycles. The van der Waals surface area contributed by atoms with E-state index in [1.54, 1.807) is 0 Å². The van der Waals surface area contributed by atoms with Gasteiger partial charge >= 0.3 is 6.09 Å². The third-order valence-corrected chi connectivity index (χ3v) is 3.97. The number of ether oxygens (including phenoxy) is 1. The zero-order chi connectivity index (χ0) is 16.2. The predicted octanol–water partition coefficient (Wildman–Crippen LogP) is 1.96. The first kappa shape index (κ1) is 16.9. The van der Waals surface area contributed by atoms with Crippen LogP contribution >= 0.6 is 0 Å². The summed E-state index contributed by atoms with van der Waals surface area (Å²) in [5.74, 6) is 1.48. The normalized spacial score (nSPS) is 20.7. The van der Waals surface area contributed by atoms with Gasteiger partial charge in [-0.2, -0.15) is 0 Å². The highest BCUT2D eigenvalue weighted by Crippen LogP contribution is 2.20. The fourth-order valence-corrected chi connectivity index (χ4v) is 2.50. The third-order valence-electron chi connectivity index (χ3n) is 3.97. The van der Waals surface area contributed by atoms with Crippen molar-refractivity contribution in [3.63, 3.8) is 0 Å². The molecule has 0 unspecified atom stereocenters. The molecule has 1 amide bonds. The van der Waals surface area contributed by atoms with Crippen LogP contribution in [-0.2, 0) is 4.74 Å². The number of carbonyl (C=O) groups is 1. The second kappa shape index (κ2) is 7.20. The Morgan fingerprint density at radius 2 is 1.86 bits per heavy atom. The van der Waals surface area contributed by atoms with Crippen molar-refractivity contribution in [2.24, 2.45) is 10.9 Å². The van der Waals surface area contributed by atoms with E-state index in [0.717, 1.165) is 38.4 Å². The van der Waals surface area contributed by atoms with Gasteiger partial charge in [0.05, 0.1) is 0 Å². The summed E-state index contributed by atoms with van der Waals surface area (Å²) < 4.78 is 5.42. The van der Waals surface area contributed by atoms with Crippen LogP contribution in [0.3, 0.4) is 0 Å². The Balaban J connectivity index is 1.67. The molecule has 1 aliphatic carbocycles. The molecule has 6 nitrogen and oxygen atoms in total. The lowest BCUT2D eigenvalue weighted by molar-refractivity contribution is 0.0185. The van der Waals surface area contributed by atoms with Gasteiger partial charge in [0.2, 0.25) is 0 Å². The lowest BCUT2D eigenvalue weighted by atomic mass is 9.97. The van der Waals surface area contributed by atoms with Crippen molar-refractivity contribution in [3.05, 3.63) is 0 Å². The minimum absolute atomic E-state index is 0.190. The molecule has 0 aromatic rings. The Kier molecular flexibility index (Phi) is 5.53. The van der Waals surface area contributed by atoms with Gasteiger partial charge in [0, 0.05) is 32.7 Å². The number of likely N-dealkylation sites (tertiary alicyclic amines) is 1. The van der Waals surface area contributed by atoms with Crippen molar-refractivity contribution in [2.45, 2.75) is 58.1 Å². The molecule has 126 valence electrons. The molecule has 1 saturated carbocycles. The van der Waals surface area contributed by atoms with Gasteiger partial charge in [-0.05, 0) is 52.4 Å². The zero-order valence-corrected chi connectivity index (χ0v) is 14.3. The van der Waals surface area contributed by atoms with Gasteiger partial charge in [-0.3, -0.25) is 4.99 Å². The molecule has 2 N–H and O–H groups in total. The number of rotatable bonds is 3. The Morgan fingerprint density at radius 1 is 1.23 bits per heavy atom. The minimum atomic E-state index is -0.420. The minimum Gasteiger partial charge on any atom is -0.444 e. The number of carbonyl (C=O) groups excluding carboxylic acids is 1. The van der Waals surface area contributed by atoms with Crippen LogP contribution in [0.25, 0.3) is 0 Å². The van der Waals surface area contributed by atoms with Gasteiger partial charge in [0.15, 0.2) is 5.96 Å². The van der Waals surface area contributed by atoms with Gasteiger partial charge in [-0.15, -0.1) is 0 Å². The number of guanidine groups is 1. The van der Waals surface area contributed by atoms with Crippen LogP contribution in [0.2, 0.25) is 0 Å². The number of nitrogens with zero attached hydrogens (tertiary/aromatic N) is 2.